The summed E-state index contributed by atoms with van der Waals surface area (Å²) in [4.78, 5) is 4.56. The first-order valence-electron chi connectivity index (χ1n) is 8.14. The molecule has 3 N–H and O–H groups in total. The summed E-state index contributed by atoms with van der Waals surface area (Å²) in [6, 6.07) is 7.02. The van der Waals surface area contributed by atoms with Gasteiger partial charge in [-0.15, -0.1) is 24.0 Å². The molecule has 1 aromatic carbocycles. The van der Waals surface area contributed by atoms with Crippen molar-refractivity contribution in [3.8, 4) is 0 Å². The maximum absolute atomic E-state index is 13.1. The van der Waals surface area contributed by atoms with E-state index in [1.807, 2.05) is 13.0 Å². The molecule has 0 radical (unpaired) electrons. The molecule has 1 aliphatic carbocycles. The highest BCUT2D eigenvalue weighted by atomic mass is 127. The van der Waals surface area contributed by atoms with E-state index in [0.717, 1.165) is 50.2 Å². The van der Waals surface area contributed by atoms with E-state index >= 15 is 0 Å². The summed E-state index contributed by atoms with van der Waals surface area (Å²) in [5.74, 6) is 0.604. The molecular weight excluding hydrogens is 408 g/mol. The van der Waals surface area contributed by atoms with E-state index in [1.165, 1.54) is 6.07 Å². The van der Waals surface area contributed by atoms with Gasteiger partial charge in [0.15, 0.2) is 5.96 Å². The van der Waals surface area contributed by atoms with Gasteiger partial charge in [-0.3, -0.25) is 4.99 Å². The van der Waals surface area contributed by atoms with E-state index in [9.17, 15) is 9.50 Å². The zero-order chi connectivity index (χ0) is 15.8. The number of halogens is 2. The van der Waals surface area contributed by atoms with Crippen LogP contribution in [0.5, 0.6) is 0 Å². The smallest absolute Gasteiger partial charge is 0.191 e. The molecule has 0 amide bonds. The van der Waals surface area contributed by atoms with Crippen LogP contribution in [0.3, 0.4) is 0 Å². The fourth-order valence-electron chi connectivity index (χ4n) is 2.72. The third-order valence-electron chi connectivity index (χ3n) is 3.94. The highest BCUT2D eigenvalue weighted by molar-refractivity contribution is 14.0. The van der Waals surface area contributed by atoms with Crippen molar-refractivity contribution in [2.75, 3.05) is 13.1 Å². The van der Waals surface area contributed by atoms with E-state index < -0.39 is 0 Å². The van der Waals surface area contributed by atoms with Crippen molar-refractivity contribution in [2.24, 2.45) is 4.99 Å². The van der Waals surface area contributed by atoms with Crippen LogP contribution in [0.2, 0.25) is 0 Å². The van der Waals surface area contributed by atoms with Crippen LogP contribution in [-0.4, -0.2) is 36.3 Å². The number of guanidine groups is 1. The Kier molecular flexibility index (Phi) is 9.47. The molecule has 130 valence electrons. The first-order valence-corrected chi connectivity index (χ1v) is 8.14. The number of hydrogen-bond acceptors (Lipinski definition) is 2. The molecule has 0 aliphatic heterocycles. The zero-order valence-corrected chi connectivity index (χ0v) is 15.9. The van der Waals surface area contributed by atoms with Crippen LogP contribution in [0, 0.1) is 5.82 Å². The van der Waals surface area contributed by atoms with Crippen LogP contribution in [0.15, 0.2) is 29.3 Å². The average Bonchev–Trinajstić information content (AvgIpc) is 2.50. The molecule has 0 saturated heterocycles. The quantitative estimate of drug-likeness (QED) is 0.379. The van der Waals surface area contributed by atoms with Gasteiger partial charge in [-0.25, -0.2) is 4.39 Å². The largest absolute Gasteiger partial charge is 0.393 e. The molecule has 0 aromatic heterocycles. The van der Waals surface area contributed by atoms with Crippen molar-refractivity contribution >= 4 is 29.9 Å². The fraction of sp³-hybridized carbons (Fsp3) is 0.588. The minimum atomic E-state index is -0.202. The summed E-state index contributed by atoms with van der Waals surface area (Å²) in [5, 5.41) is 16.2. The second-order valence-electron chi connectivity index (χ2n) is 5.79. The summed E-state index contributed by atoms with van der Waals surface area (Å²) >= 11 is 0. The van der Waals surface area contributed by atoms with E-state index in [2.05, 4.69) is 15.6 Å². The Morgan fingerprint density at radius 1 is 1.30 bits per heavy atom. The van der Waals surface area contributed by atoms with Gasteiger partial charge in [0.05, 0.1) is 6.10 Å². The van der Waals surface area contributed by atoms with Crippen LogP contribution in [0.25, 0.3) is 0 Å². The Morgan fingerprint density at radius 3 is 2.70 bits per heavy atom. The van der Waals surface area contributed by atoms with Crippen molar-refractivity contribution in [1.29, 1.82) is 0 Å². The average molecular weight is 435 g/mol. The van der Waals surface area contributed by atoms with Gasteiger partial charge in [0.1, 0.15) is 5.82 Å². The maximum Gasteiger partial charge on any atom is 0.191 e. The fourth-order valence-corrected chi connectivity index (χ4v) is 2.72. The van der Waals surface area contributed by atoms with Gasteiger partial charge in [0.25, 0.3) is 0 Å². The molecule has 4 nitrogen and oxygen atoms in total. The lowest BCUT2D eigenvalue weighted by Gasteiger charge is -2.27. The van der Waals surface area contributed by atoms with Crippen molar-refractivity contribution in [2.45, 2.75) is 51.2 Å². The highest BCUT2D eigenvalue weighted by Gasteiger charge is 2.19. The second-order valence-corrected chi connectivity index (χ2v) is 5.79. The Balaban J connectivity index is 0.00000264. The van der Waals surface area contributed by atoms with Gasteiger partial charge in [-0.2, -0.15) is 0 Å². The van der Waals surface area contributed by atoms with Crippen LogP contribution < -0.4 is 10.6 Å². The molecule has 0 bridgehead atoms. The Hall–Kier alpha value is -0.890. The van der Waals surface area contributed by atoms with Gasteiger partial charge in [0.2, 0.25) is 0 Å². The molecule has 1 saturated carbocycles. The summed E-state index contributed by atoms with van der Waals surface area (Å²) in [6.07, 6.45) is 4.20. The summed E-state index contributed by atoms with van der Waals surface area (Å²) in [5.41, 5.74) is 0.959. The van der Waals surface area contributed by atoms with Gasteiger partial charge < -0.3 is 15.7 Å². The Bertz CT molecular complexity index is 490. The van der Waals surface area contributed by atoms with E-state index in [4.69, 9.17) is 0 Å². The maximum atomic E-state index is 13.1. The monoisotopic (exact) mass is 435 g/mol. The molecule has 0 heterocycles. The summed E-state index contributed by atoms with van der Waals surface area (Å²) in [7, 11) is 0. The molecule has 0 atom stereocenters. The molecule has 1 fully saturated rings. The molecule has 23 heavy (non-hydrogen) atoms. The van der Waals surface area contributed by atoms with Crippen LogP contribution >= 0.6 is 24.0 Å². The van der Waals surface area contributed by atoms with Crippen molar-refractivity contribution in [1.82, 2.24) is 10.6 Å². The zero-order valence-electron chi connectivity index (χ0n) is 13.6. The molecular formula is C17H27FIN3O. The van der Waals surface area contributed by atoms with Gasteiger partial charge in [-0.05, 0) is 56.7 Å². The highest BCUT2D eigenvalue weighted by Crippen LogP contribution is 2.18. The molecule has 0 spiro atoms. The summed E-state index contributed by atoms with van der Waals surface area (Å²) in [6.45, 7) is 3.46. The van der Waals surface area contributed by atoms with E-state index in [0.29, 0.717) is 12.6 Å². The van der Waals surface area contributed by atoms with Crippen molar-refractivity contribution in [3.05, 3.63) is 35.6 Å². The first kappa shape index (κ1) is 20.2. The Morgan fingerprint density at radius 2 is 2.04 bits per heavy atom. The van der Waals surface area contributed by atoms with Gasteiger partial charge in [-0.1, -0.05) is 12.1 Å². The molecule has 2 rings (SSSR count). The lowest BCUT2D eigenvalue weighted by Crippen LogP contribution is -2.45. The minimum Gasteiger partial charge on any atom is -0.393 e. The number of aliphatic hydroxyl groups excluding tert-OH is 1. The lowest BCUT2D eigenvalue weighted by molar-refractivity contribution is 0.120. The number of benzene rings is 1. The van der Waals surface area contributed by atoms with Gasteiger partial charge >= 0.3 is 0 Å². The predicted octanol–water partition coefficient (Wildman–Crippen LogP) is 2.84. The number of hydrogen-bond donors (Lipinski definition) is 3. The second kappa shape index (κ2) is 10.8. The van der Waals surface area contributed by atoms with Crippen molar-refractivity contribution < 1.29 is 9.50 Å². The molecule has 6 heteroatoms. The van der Waals surface area contributed by atoms with E-state index in [1.54, 1.807) is 12.1 Å². The third kappa shape index (κ3) is 7.48. The normalized spacial score (nSPS) is 21.4. The third-order valence-corrected chi connectivity index (χ3v) is 3.94. The van der Waals surface area contributed by atoms with Crippen LogP contribution in [0.1, 0.15) is 38.2 Å². The van der Waals surface area contributed by atoms with Crippen LogP contribution in [0.4, 0.5) is 4.39 Å². The first-order chi connectivity index (χ1) is 10.7. The Labute approximate surface area is 155 Å². The number of aliphatic imine (C=N–C) groups is 1. The lowest BCUT2D eigenvalue weighted by atomic mass is 9.93. The SMILES string of the molecule is CCNC(=NCCc1cccc(F)c1)NC1CCC(O)CC1.I. The molecule has 0 unspecified atom stereocenters. The standard InChI is InChI=1S/C17H26FN3O.HI/c1-2-19-17(21-15-6-8-16(22)9-7-15)20-11-10-13-4-3-5-14(18)12-13;/h3-5,12,15-16,22H,2,6-11H2,1H3,(H2,19,20,21);1H. The molecule has 1 aliphatic rings. The topological polar surface area (TPSA) is 56.7 Å². The van der Waals surface area contributed by atoms with Crippen LogP contribution in [-0.2, 0) is 6.42 Å². The summed E-state index contributed by atoms with van der Waals surface area (Å²) < 4.78 is 13.1. The van der Waals surface area contributed by atoms with Crippen molar-refractivity contribution in [3.63, 3.8) is 0 Å². The number of rotatable bonds is 5. The number of aliphatic hydroxyl groups is 1. The molecule has 1 aromatic rings. The number of nitrogens with one attached hydrogen (secondary N) is 2. The van der Waals surface area contributed by atoms with E-state index in [-0.39, 0.29) is 35.9 Å². The predicted molar refractivity (Wildman–Crippen MR) is 103 cm³/mol. The minimum absolute atomic E-state index is 0. The van der Waals surface area contributed by atoms with Gasteiger partial charge in [0, 0.05) is 19.1 Å². The number of nitrogens with zero attached hydrogens (tertiary/aromatic N) is 1.